The fraction of sp³-hybridized carbons (Fsp3) is 0.500. The van der Waals surface area contributed by atoms with Gasteiger partial charge in [0.2, 0.25) is 0 Å². The number of aliphatic hydroxyl groups is 1. The molecule has 0 amide bonds. The highest BCUT2D eigenvalue weighted by Crippen LogP contribution is 2.16. The summed E-state index contributed by atoms with van der Waals surface area (Å²) in [6.07, 6.45) is 2.28. The Balaban J connectivity index is 0.000000771. The van der Waals surface area contributed by atoms with Crippen molar-refractivity contribution in [2.75, 3.05) is 13.7 Å². The van der Waals surface area contributed by atoms with Gasteiger partial charge in [-0.2, -0.15) is 0 Å². The van der Waals surface area contributed by atoms with E-state index in [1.54, 1.807) is 0 Å². The second kappa shape index (κ2) is 8.66. The molecule has 4 heteroatoms. The number of esters is 1. The van der Waals surface area contributed by atoms with Gasteiger partial charge in [-0.25, -0.2) is 0 Å². The molecule has 1 aromatic rings. The summed E-state index contributed by atoms with van der Waals surface area (Å²) in [5, 5.41) is 7.00. The first-order valence-corrected chi connectivity index (χ1v) is 6.10. The summed E-state index contributed by atoms with van der Waals surface area (Å²) >= 11 is 0. The number of aliphatic hydroxyl groups excluding tert-OH is 1. The van der Waals surface area contributed by atoms with Crippen LogP contribution in [0.3, 0.4) is 0 Å². The fourth-order valence-corrected chi connectivity index (χ4v) is 1.76. The van der Waals surface area contributed by atoms with Crippen molar-refractivity contribution in [3.63, 3.8) is 0 Å². The van der Waals surface area contributed by atoms with Crippen LogP contribution < -0.4 is 0 Å². The summed E-state index contributed by atoms with van der Waals surface area (Å²) in [5.41, 5.74) is 1.17. The molecule has 1 N–H and O–H groups in total. The molecule has 1 aromatic carbocycles. The Labute approximate surface area is 108 Å². The van der Waals surface area contributed by atoms with E-state index in [0.29, 0.717) is 19.6 Å². The SMILES string of the molecule is CO.O=C1CCC(CCOCc2ccccc2)O1. The minimum absolute atomic E-state index is 0.0725. The third kappa shape index (κ3) is 5.29. The molecule has 0 bridgehead atoms. The van der Waals surface area contributed by atoms with Crippen LogP contribution in [-0.4, -0.2) is 30.9 Å². The van der Waals surface area contributed by atoms with E-state index in [9.17, 15) is 4.79 Å². The number of ether oxygens (including phenoxy) is 2. The summed E-state index contributed by atoms with van der Waals surface area (Å²) < 4.78 is 10.6. The molecule has 100 valence electrons. The second-order valence-corrected chi connectivity index (χ2v) is 3.98. The highest BCUT2D eigenvalue weighted by atomic mass is 16.6. The van der Waals surface area contributed by atoms with Crippen LogP contribution in [0.5, 0.6) is 0 Å². The molecule has 1 aliphatic rings. The topological polar surface area (TPSA) is 55.8 Å². The minimum Gasteiger partial charge on any atom is -0.462 e. The van der Waals surface area contributed by atoms with Crippen molar-refractivity contribution in [1.82, 2.24) is 0 Å². The van der Waals surface area contributed by atoms with Gasteiger partial charge in [-0.3, -0.25) is 4.79 Å². The van der Waals surface area contributed by atoms with E-state index in [2.05, 4.69) is 0 Å². The molecule has 1 unspecified atom stereocenters. The molecule has 1 saturated heterocycles. The van der Waals surface area contributed by atoms with Gasteiger partial charge in [0.25, 0.3) is 0 Å². The summed E-state index contributed by atoms with van der Waals surface area (Å²) in [6.45, 7) is 1.27. The van der Waals surface area contributed by atoms with Crippen LogP contribution in [-0.2, 0) is 20.9 Å². The van der Waals surface area contributed by atoms with Gasteiger partial charge in [0.05, 0.1) is 13.2 Å². The van der Waals surface area contributed by atoms with Gasteiger partial charge in [-0.1, -0.05) is 30.3 Å². The van der Waals surface area contributed by atoms with E-state index in [1.807, 2.05) is 30.3 Å². The zero-order valence-corrected chi connectivity index (χ0v) is 10.7. The highest BCUT2D eigenvalue weighted by molar-refractivity contribution is 5.71. The lowest BCUT2D eigenvalue weighted by molar-refractivity contribution is -0.141. The monoisotopic (exact) mass is 252 g/mol. The lowest BCUT2D eigenvalue weighted by Crippen LogP contribution is -2.10. The van der Waals surface area contributed by atoms with Gasteiger partial charge in [-0.05, 0) is 12.0 Å². The maximum Gasteiger partial charge on any atom is 0.306 e. The average molecular weight is 252 g/mol. The van der Waals surface area contributed by atoms with Crippen molar-refractivity contribution in [3.05, 3.63) is 35.9 Å². The summed E-state index contributed by atoms with van der Waals surface area (Å²) in [7, 11) is 1.00. The Morgan fingerprint density at radius 3 is 2.67 bits per heavy atom. The number of cyclic esters (lactones) is 1. The van der Waals surface area contributed by atoms with E-state index in [1.165, 1.54) is 5.56 Å². The number of hydrogen-bond donors (Lipinski definition) is 1. The standard InChI is InChI=1S/C13H16O3.CH4O/c14-13-7-6-12(16-13)8-9-15-10-11-4-2-1-3-5-11;1-2/h1-5,12H,6-10H2;2H,1H3. The zero-order chi connectivity index (χ0) is 13.2. The molecule has 1 aliphatic heterocycles. The first-order valence-electron chi connectivity index (χ1n) is 6.10. The Hall–Kier alpha value is -1.39. The van der Waals surface area contributed by atoms with Crippen molar-refractivity contribution in [1.29, 1.82) is 0 Å². The molecule has 1 atom stereocenters. The number of carbonyl (C=O) groups excluding carboxylic acids is 1. The Bertz CT molecular complexity index is 337. The van der Waals surface area contributed by atoms with Gasteiger partial charge in [0.1, 0.15) is 6.10 Å². The lowest BCUT2D eigenvalue weighted by Gasteiger charge is -2.09. The van der Waals surface area contributed by atoms with Gasteiger partial charge in [0.15, 0.2) is 0 Å². The number of benzene rings is 1. The zero-order valence-electron chi connectivity index (χ0n) is 10.7. The van der Waals surface area contributed by atoms with E-state index in [-0.39, 0.29) is 12.1 Å². The Morgan fingerprint density at radius 1 is 1.33 bits per heavy atom. The van der Waals surface area contributed by atoms with Gasteiger partial charge in [-0.15, -0.1) is 0 Å². The summed E-state index contributed by atoms with van der Waals surface area (Å²) in [5.74, 6) is -0.0759. The average Bonchev–Trinajstić information content (AvgIpc) is 2.84. The Morgan fingerprint density at radius 2 is 2.06 bits per heavy atom. The smallest absolute Gasteiger partial charge is 0.306 e. The maximum absolute atomic E-state index is 10.8. The predicted octanol–water partition coefficient (Wildman–Crippen LogP) is 1.91. The second-order valence-electron chi connectivity index (χ2n) is 3.98. The van der Waals surface area contributed by atoms with Crippen molar-refractivity contribution in [2.24, 2.45) is 0 Å². The largest absolute Gasteiger partial charge is 0.462 e. The quantitative estimate of drug-likeness (QED) is 0.642. The molecule has 1 fully saturated rings. The first-order chi connectivity index (χ1) is 8.84. The van der Waals surface area contributed by atoms with Crippen LogP contribution in [0.2, 0.25) is 0 Å². The van der Waals surface area contributed by atoms with Gasteiger partial charge in [0, 0.05) is 20.0 Å². The van der Waals surface area contributed by atoms with Gasteiger partial charge >= 0.3 is 5.97 Å². The molecule has 0 aliphatic carbocycles. The molecule has 2 rings (SSSR count). The maximum atomic E-state index is 10.8. The van der Waals surface area contributed by atoms with Crippen LogP contribution >= 0.6 is 0 Å². The van der Waals surface area contributed by atoms with Crippen LogP contribution in [0.15, 0.2) is 30.3 Å². The number of rotatable bonds is 5. The lowest BCUT2D eigenvalue weighted by atomic mass is 10.2. The van der Waals surface area contributed by atoms with Gasteiger partial charge < -0.3 is 14.6 Å². The third-order valence-corrected chi connectivity index (χ3v) is 2.66. The molecule has 0 aromatic heterocycles. The van der Waals surface area contributed by atoms with Crippen molar-refractivity contribution < 1.29 is 19.4 Å². The molecule has 0 radical (unpaired) electrons. The normalized spacial score (nSPS) is 17.9. The van der Waals surface area contributed by atoms with Crippen molar-refractivity contribution >= 4 is 5.97 Å². The minimum atomic E-state index is -0.0759. The van der Waals surface area contributed by atoms with Crippen LogP contribution in [0, 0.1) is 0 Å². The first kappa shape index (κ1) is 14.7. The van der Waals surface area contributed by atoms with E-state index < -0.39 is 0 Å². The molecular weight excluding hydrogens is 232 g/mol. The van der Waals surface area contributed by atoms with Crippen molar-refractivity contribution in [3.8, 4) is 0 Å². The summed E-state index contributed by atoms with van der Waals surface area (Å²) in [6, 6.07) is 10.1. The Kier molecular flexibility index (Phi) is 7.06. The van der Waals surface area contributed by atoms with Crippen LogP contribution in [0.4, 0.5) is 0 Å². The molecular formula is C14H20O4. The summed E-state index contributed by atoms with van der Waals surface area (Å²) in [4.78, 5) is 10.8. The molecule has 4 nitrogen and oxygen atoms in total. The molecule has 0 saturated carbocycles. The third-order valence-electron chi connectivity index (χ3n) is 2.66. The van der Waals surface area contributed by atoms with Crippen molar-refractivity contribution in [2.45, 2.75) is 32.0 Å². The molecule has 0 spiro atoms. The van der Waals surface area contributed by atoms with E-state index in [4.69, 9.17) is 14.6 Å². The fourth-order valence-electron chi connectivity index (χ4n) is 1.76. The predicted molar refractivity (Wildman–Crippen MR) is 68.0 cm³/mol. The number of hydrogen-bond acceptors (Lipinski definition) is 4. The highest BCUT2D eigenvalue weighted by Gasteiger charge is 2.22. The molecule has 18 heavy (non-hydrogen) atoms. The molecule has 1 heterocycles. The number of carbonyl (C=O) groups is 1. The van der Waals surface area contributed by atoms with Crippen LogP contribution in [0.25, 0.3) is 0 Å². The van der Waals surface area contributed by atoms with E-state index in [0.717, 1.165) is 20.0 Å². The van der Waals surface area contributed by atoms with Crippen LogP contribution in [0.1, 0.15) is 24.8 Å². The van der Waals surface area contributed by atoms with E-state index >= 15 is 0 Å².